The van der Waals surface area contributed by atoms with Gasteiger partial charge in [0.15, 0.2) is 0 Å². The molecule has 0 spiro atoms. The summed E-state index contributed by atoms with van der Waals surface area (Å²) in [7, 11) is 0. The molecule has 0 saturated heterocycles. The van der Waals surface area contributed by atoms with E-state index in [2.05, 4.69) is 6.92 Å². The number of unbranched alkanes of at least 4 members (excludes halogenated alkanes) is 2. The summed E-state index contributed by atoms with van der Waals surface area (Å²) in [5.41, 5.74) is 0. The van der Waals surface area contributed by atoms with Gasteiger partial charge in [-0.15, -0.1) is 0 Å². The Morgan fingerprint density at radius 3 is 2.50 bits per heavy atom. The van der Waals surface area contributed by atoms with E-state index in [1.165, 1.54) is 0 Å². The second-order valence-corrected chi connectivity index (χ2v) is 2.95. The van der Waals surface area contributed by atoms with E-state index < -0.39 is 12.2 Å². The number of aliphatic hydroxyl groups excluding tert-OH is 3. The number of hydrogen-bond donors (Lipinski definition) is 3. The SMILES string of the molecule is CCCC[CH]C(O)C(O)CCO. The van der Waals surface area contributed by atoms with Gasteiger partial charge in [-0.1, -0.05) is 19.8 Å². The van der Waals surface area contributed by atoms with Gasteiger partial charge in [0.05, 0.1) is 12.2 Å². The van der Waals surface area contributed by atoms with Crippen LogP contribution in [0.5, 0.6) is 0 Å². The van der Waals surface area contributed by atoms with Crippen LogP contribution in [0.4, 0.5) is 0 Å². The number of hydrogen-bond acceptors (Lipinski definition) is 3. The summed E-state index contributed by atoms with van der Waals surface area (Å²) in [6.07, 6.45) is 3.27. The fraction of sp³-hybridized carbons (Fsp3) is 0.889. The van der Waals surface area contributed by atoms with E-state index in [1.54, 1.807) is 6.42 Å². The first kappa shape index (κ1) is 11.9. The van der Waals surface area contributed by atoms with Crippen molar-refractivity contribution in [1.82, 2.24) is 0 Å². The molecule has 0 aromatic carbocycles. The van der Waals surface area contributed by atoms with Crippen molar-refractivity contribution in [3.05, 3.63) is 6.42 Å². The van der Waals surface area contributed by atoms with E-state index in [1.807, 2.05) is 0 Å². The second kappa shape index (κ2) is 7.53. The van der Waals surface area contributed by atoms with Crippen molar-refractivity contribution in [3.8, 4) is 0 Å². The highest BCUT2D eigenvalue weighted by molar-refractivity contribution is 4.81. The van der Waals surface area contributed by atoms with Crippen LogP contribution < -0.4 is 0 Å². The Kier molecular flexibility index (Phi) is 7.45. The van der Waals surface area contributed by atoms with Crippen LogP contribution in [0, 0.1) is 6.42 Å². The minimum atomic E-state index is -0.813. The van der Waals surface area contributed by atoms with E-state index in [4.69, 9.17) is 5.11 Å². The van der Waals surface area contributed by atoms with Crippen molar-refractivity contribution in [2.45, 2.75) is 44.8 Å². The third-order valence-electron chi connectivity index (χ3n) is 1.78. The van der Waals surface area contributed by atoms with Crippen LogP contribution in [0.25, 0.3) is 0 Å². The van der Waals surface area contributed by atoms with Crippen LogP contribution >= 0.6 is 0 Å². The highest BCUT2D eigenvalue weighted by Crippen LogP contribution is 2.07. The highest BCUT2D eigenvalue weighted by atomic mass is 16.3. The Balaban J connectivity index is 3.35. The lowest BCUT2D eigenvalue weighted by Gasteiger charge is -2.15. The summed E-state index contributed by atoms with van der Waals surface area (Å²) < 4.78 is 0. The normalized spacial score (nSPS) is 16.0. The Hall–Kier alpha value is -0.120. The molecule has 0 aliphatic carbocycles. The summed E-state index contributed by atoms with van der Waals surface area (Å²) in [5.74, 6) is 0. The van der Waals surface area contributed by atoms with Crippen LogP contribution in [0.2, 0.25) is 0 Å². The van der Waals surface area contributed by atoms with E-state index in [0.29, 0.717) is 0 Å². The summed E-state index contributed by atoms with van der Waals surface area (Å²) in [6.45, 7) is 1.99. The maximum absolute atomic E-state index is 9.26. The Morgan fingerprint density at radius 1 is 1.33 bits per heavy atom. The molecular formula is C9H19O3. The zero-order valence-electron chi connectivity index (χ0n) is 7.61. The lowest BCUT2D eigenvalue weighted by atomic mass is 10.0. The molecule has 12 heavy (non-hydrogen) atoms. The van der Waals surface area contributed by atoms with Crippen molar-refractivity contribution in [3.63, 3.8) is 0 Å². The molecule has 0 rings (SSSR count). The minimum Gasteiger partial charge on any atom is -0.396 e. The first-order valence-corrected chi connectivity index (χ1v) is 4.52. The molecule has 0 fully saturated rings. The predicted molar refractivity (Wildman–Crippen MR) is 47.5 cm³/mol. The van der Waals surface area contributed by atoms with Gasteiger partial charge in [0, 0.05) is 6.61 Å². The van der Waals surface area contributed by atoms with Gasteiger partial charge in [0.2, 0.25) is 0 Å². The molecule has 2 unspecified atom stereocenters. The zero-order chi connectivity index (χ0) is 9.40. The molecule has 0 amide bonds. The Morgan fingerprint density at radius 2 is 2.00 bits per heavy atom. The molecule has 0 aliphatic rings. The Labute approximate surface area is 74.0 Å². The molecule has 0 aromatic heterocycles. The van der Waals surface area contributed by atoms with E-state index in [9.17, 15) is 10.2 Å². The maximum Gasteiger partial charge on any atom is 0.0831 e. The molecule has 0 bridgehead atoms. The number of rotatable bonds is 7. The van der Waals surface area contributed by atoms with E-state index in [-0.39, 0.29) is 13.0 Å². The first-order valence-electron chi connectivity index (χ1n) is 4.52. The van der Waals surface area contributed by atoms with Crippen LogP contribution in [0.15, 0.2) is 0 Å². The smallest absolute Gasteiger partial charge is 0.0831 e. The third kappa shape index (κ3) is 5.52. The second-order valence-electron chi connectivity index (χ2n) is 2.95. The first-order chi connectivity index (χ1) is 5.72. The van der Waals surface area contributed by atoms with Crippen LogP contribution in [0.1, 0.15) is 32.6 Å². The van der Waals surface area contributed by atoms with Gasteiger partial charge in [-0.05, 0) is 19.3 Å². The molecule has 3 heteroatoms. The molecular weight excluding hydrogens is 156 g/mol. The molecule has 0 aliphatic heterocycles. The third-order valence-corrected chi connectivity index (χ3v) is 1.78. The van der Waals surface area contributed by atoms with Crippen LogP contribution in [0.3, 0.4) is 0 Å². The molecule has 3 N–H and O–H groups in total. The monoisotopic (exact) mass is 175 g/mol. The zero-order valence-corrected chi connectivity index (χ0v) is 7.61. The van der Waals surface area contributed by atoms with Gasteiger partial charge in [-0.3, -0.25) is 0 Å². The summed E-state index contributed by atoms with van der Waals surface area (Å²) >= 11 is 0. The van der Waals surface area contributed by atoms with Gasteiger partial charge < -0.3 is 15.3 Å². The molecule has 2 atom stereocenters. The summed E-state index contributed by atoms with van der Waals surface area (Å²) in [5, 5.41) is 26.9. The molecule has 73 valence electrons. The lowest BCUT2D eigenvalue weighted by Crippen LogP contribution is -2.27. The van der Waals surface area contributed by atoms with Crippen molar-refractivity contribution in [2.75, 3.05) is 6.61 Å². The molecule has 1 radical (unpaired) electrons. The summed E-state index contributed by atoms with van der Waals surface area (Å²) in [6, 6.07) is 0. The maximum atomic E-state index is 9.26. The minimum absolute atomic E-state index is 0.0835. The van der Waals surface area contributed by atoms with Crippen molar-refractivity contribution < 1.29 is 15.3 Å². The Bertz CT molecular complexity index is 95.8. The van der Waals surface area contributed by atoms with Crippen molar-refractivity contribution in [1.29, 1.82) is 0 Å². The molecule has 3 nitrogen and oxygen atoms in total. The molecule has 0 heterocycles. The van der Waals surface area contributed by atoms with Crippen molar-refractivity contribution >= 4 is 0 Å². The topological polar surface area (TPSA) is 60.7 Å². The van der Waals surface area contributed by atoms with Gasteiger partial charge in [0.25, 0.3) is 0 Å². The van der Waals surface area contributed by atoms with Crippen LogP contribution in [-0.4, -0.2) is 34.1 Å². The largest absolute Gasteiger partial charge is 0.396 e. The van der Waals surface area contributed by atoms with E-state index in [0.717, 1.165) is 19.3 Å². The van der Waals surface area contributed by atoms with E-state index >= 15 is 0 Å². The quantitative estimate of drug-likeness (QED) is 0.493. The average molecular weight is 175 g/mol. The average Bonchev–Trinajstić information content (AvgIpc) is 2.05. The van der Waals surface area contributed by atoms with Gasteiger partial charge >= 0.3 is 0 Å². The summed E-state index contributed by atoms with van der Waals surface area (Å²) in [4.78, 5) is 0. The predicted octanol–water partition coefficient (Wildman–Crippen LogP) is 0.485. The van der Waals surface area contributed by atoms with Gasteiger partial charge in [-0.2, -0.15) is 0 Å². The van der Waals surface area contributed by atoms with Crippen molar-refractivity contribution in [2.24, 2.45) is 0 Å². The lowest BCUT2D eigenvalue weighted by molar-refractivity contribution is 0.0216. The van der Waals surface area contributed by atoms with Gasteiger partial charge in [-0.25, -0.2) is 0 Å². The fourth-order valence-electron chi connectivity index (χ4n) is 0.953. The molecule has 0 saturated carbocycles. The van der Waals surface area contributed by atoms with Crippen LogP contribution in [-0.2, 0) is 0 Å². The fourth-order valence-corrected chi connectivity index (χ4v) is 0.953. The molecule has 0 aromatic rings. The standard InChI is InChI=1S/C9H19O3/c1-2-3-4-5-8(11)9(12)6-7-10/h5,8-12H,2-4,6-7H2,1H3. The van der Waals surface area contributed by atoms with Gasteiger partial charge in [0.1, 0.15) is 0 Å². The number of aliphatic hydroxyl groups is 3. The highest BCUT2D eigenvalue weighted by Gasteiger charge is 2.14.